The minimum Gasteiger partial charge on any atom is -0.456 e. The molecule has 43 heavy (non-hydrogen) atoms. The summed E-state index contributed by atoms with van der Waals surface area (Å²) >= 11 is 0. The SMILES string of the molecule is CC[C@@]1(OC(C)=O)C2[C@H](OC(=O)c3ccccc3)[C@]3(O)C[C@H](O)C(C)=C([C@@H](OC(C)=O)C(=O)[C@]2(C)[C@@H](C)C[C@H]1O)C3(C)C. The van der Waals surface area contributed by atoms with Crippen LogP contribution in [0.5, 0.6) is 0 Å². The van der Waals surface area contributed by atoms with Crippen molar-refractivity contribution in [2.24, 2.45) is 22.7 Å². The summed E-state index contributed by atoms with van der Waals surface area (Å²) in [5.41, 5.74) is -6.10. The summed E-state index contributed by atoms with van der Waals surface area (Å²) < 4.78 is 18.0. The van der Waals surface area contributed by atoms with E-state index >= 15 is 4.79 Å². The summed E-state index contributed by atoms with van der Waals surface area (Å²) in [6.45, 7) is 12.4. The molecule has 10 heteroatoms. The van der Waals surface area contributed by atoms with Crippen LogP contribution in [-0.4, -0.2) is 74.6 Å². The van der Waals surface area contributed by atoms with Gasteiger partial charge in [-0.25, -0.2) is 4.79 Å². The second-order valence-corrected chi connectivity index (χ2v) is 13.2. The lowest BCUT2D eigenvalue weighted by atomic mass is 9.43. The topological polar surface area (TPSA) is 157 Å². The van der Waals surface area contributed by atoms with Crippen molar-refractivity contribution in [3.63, 3.8) is 0 Å². The first kappa shape index (κ1) is 32.8. The van der Waals surface area contributed by atoms with Gasteiger partial charge in [0.15, 0.2) is 11.9 Å². The van der Waals surface area contributed by atoms with E-state index < -0.39 is 82.0 Å². The third-order valence-electron chi connectivity index (χ3n) is 10.7. The van der Waals surface area contributed by atoms with Crippen molar-refractivity contribution in [2.75, 3.05) is 0 Å². The minimum atomic E-state index is -2.09. The van der Waals surface area contributed by atoms with Gasteiger partial charge in [-0.3, -0.25) is 14.4 Å². The highest BCUT2D eigenvalue weighted by atomic mass is 16.6. The summed E-state index contributed by atoms with van der Waals surface area (Å²) in [6, 6.07) is 8.13. The highest BCUT2D eigenvalue weighted by Gasteiger charge is 2.74. The second kappa shape index (κ2) is 11.1. The van der Waals surface area contributed by atoms with E-state index in [1.165, 1.54) is 13.8 Å². The Kier molecular flexibility index (Phi) is 8.49. The van der Waals surface area contributed by atoms with Crippen molar-refractivity contribution in [3.8, 4) is 0 Å². The lowest BCUT2D eigenvalue weighted by Crippen LogP contribution is -2.76. The normalized spacial score (nSPS) is 38.7. The smallest absolute Gasteiger partial charge is 0.338 e. The molecule has 0 aliphatic heterocycles. The maximum atomic E-state index is 15.0. The molecule has 0 aromatic heterocycles. The zero-order valence-electron chi connectivity index (χ0n) is 26.2. The largest absolute Gasteiger partial charge is 0.456 e. The molecule has 2 saturated carbocycles. The first-order valence-corrected chi connectivity index (χ1v) is 14.9. The number of esters is 3. The molecule has 4 rings (SSSR count). The Balaban J connectivity index is 2.15. The van der Waals surface area contributed by atoms with E-state index in [0.717, 1.165) is 0 Å². The Hall–Kier alpha value is -3.08. The van der Waals surface area contributed by atoms with Crippen LogP contribution in [0.15, 0.2) is 41.5 Å². The van der Waals surface area contributed by atoms with Crippen molar-refractivity contribution in [3.05, 3.63) is 47.0 Å². The van der Waals surface area contributed by atoms with Crippen molar-refractivity contribution < 1.29 is 48.7 Å². The quantitative estimate of drug-likeness (QED) is 0.260. The molecule has 1 unspecified atom stereocenters. The van der Waals surface area contributed by atoms with Gasteiger partial charge in [0.2, 0.25) is 0 Å². The molecule has 236 valence electrons. The Labute approximate surface area is 252 Å². The summed E-state index contributed by atoms with van der Waals surface area (Å²) in [5.74, 6) is -4.76. The molecule has 0 radical (unpaired) electrons. The number of fused-ring (bicyclic) bond motifs is 3. The van der Waals surface area contributed by atoms with E-state index in [1.807, 2.05) is 0 Å². The molecule has 9 atom stereocenters. The molecule has 0 amide bonds. The van der Waals surface area contributed by atoms with Crippen LogP contribution in [0.3, 0.4) is 0 Å². The number of Topliss-reactive ketones (excluding diaryl/α,β-unsaturated/α-hetero) is 1. The molecule has 0 heterocycles. The summed E-state index contributed by atoms with van der Waals surface area (Å²) in [5, 5.41) is 36.0. The van der Waals surface area contributed by atoms with Gasteiger partial charge in [-0.05, 0) is 49.0 Å². The molecular weight excluding hydrogens is 556 g/mol. The van der Waals surface area contributed by atoms with Gasteiger partial charge >= 0.3 is 17.9 Å². The van der Waals surface area contributed by atoms with Crippen LogP contribution < -0.4 is 0 Å². The van der Waals surface area contributed by atoms with Gasteiger partial charge in [-0.1, -0.05) is 52.8 Å². The number of aliphatic hydroxyl groups excluding tert-OH is 2. The third-order valence-corrected chi connectivity index (χ3v) is 10.7. The Morgan fingerprint density at radius 1 is 1.00 bits per heavy atom. The Morgan fingerprint density at radius 3 is 2.14 bits per heavy atom. The number of benzene rings is 1. The van der Waals surface area contributed by atoms with Crippen LogP contribution in [0.4, 0.5) is 0 Å². The molecule has 2 bridgehead atoms. The van der Waals surface area contributed by atoms with Gasteiger partial charge in [-0.15, -0.1) is 0 Å². The first-order chi connectivity index (χ1) is 19.9. The molecule has 2 fully saturated rings. The van der Waals surface area contributed by atoms with E-state index in [4.69, 9.17) is 14.2 Å². The van der Waals surface area contributed by atoms with Crippen LogP contribution in [0.2, 0.25) is 0 Å². The molecule has 3 aliphatic rings. The number of hydrogen-bond acceptors (Lipinski definition) is 10. The maximum absolute atomic E-state index is 15.0. The highest BCUT2D eigenvalue weighted by Crippen LogP contribution is 2.64. The van der Waals surface area contributed by atoms with E-state index in [0.29, 0.717) is 5.57 Å². The predicted octanol–water partition coefficient (Wildman–Crippen LogP) is 3.30. The molecular formula is C33H44O10. The van der Waals surface area contributed by atoms with Crippen molar-refractivity contribution in [1.29, 1.82) is 0 Å². The first-order valence-electron chi connectivity index (χ1n) is 14.9. The number of hydrogen-bond donors (Lipinski definition) is 3. The number of carbonyl (C=O) groups excluding carboxylic acids is 4. The Bertz CT molecular complexity index is 1330. The van der Waals surface area contributed by atoms with Crippen molar-refractivity contribution >= 4 is 23.7 Å². The summed E-state index contributed by atoms with van der Waals surface area (Å²) in [4.78, 5) is 54.0. The molecule has 1 aromatic carbocycles. The van der Waals surface area contributed by atoms with Gasteiger partial charge in [0, 0.05) is 31.1 Å². The van der Waals surface area contributed by atoms with Crippen molar-refractivity contribution in [1.82, 2.24) is 0 Å². The molecule has 0 spiro atoms. The average Bonchev–Trinajstić information content (AvgIpc) is 2.92. The van der Waals surface area contributed by atoms with Crippen LogP contribution >= 0.6 is 0 Å². The zero-order valence-corrected chi connectivity index (χ0v) is 26.2. The van der Waals surface area contributed by atoms with E-state index in [-0.39, 0.29) is 30.4 Å². The molecule has 3 N–H and O–H groups in total. The summed E-state index contributed by atoms with van der Waals surface area (Å²) in [6.07, 6.45) is -5.93. The second-order valence-electron chi connectivity index (χ2n) is 13.2. The third kappa shape index (κ3) is 4.82. The fourth-order valence-electron chi connectivity index (χ4n) is 8.20. The molecule has 10 nitrogen and oxygen atoms in total. The van der Waals surface area contributed by atoms with Gasteiger partial charge in [0.1, 0.15) is 17.3 Å². The molecule has 0 saturated heterocycles. The Morgan fingerprint density at radius 2 is 1.60 bits per heavy atom. The monoisotopic (exact) mass is 600 g/mol. The number of aliphatic hydroxyl groups is 3. The fraction of sp³-hybridized carbons (Fsp3) is 0.636. The van der Waals surface area contributed by atoms with Crippen molar-refractivity contribution in [2.45, 2.75) is 110 Å². The summed E-state index contributed by atoms with van der Waals surface area (Å²) in [7, 11) is 0. The maximum Gasteiger partial charge on any atom is 0.338 e. The number of rotatable bonds is 5. The van der Waals surface area contributed by atoms with E-state index in [1.54, 1.807) is 71.9 Å². The zero-order chi connectivity index (χ0) is 32.3. The average molecular weight is 601 g/mol. The molecule has 1 aromatic rings. The molecule has 3 aliphatic carbocycles. The number of ketones is 1. The predicted molar refractivity (Wildman–Crippen MR) is 154 cm³/mol. The van der Waals surface area contributed by atoms with Gasteiger partial charge < -0.3 is 29.5 Å². The van der Waals surface area contributed by atoms with Crippen LogP contribution in [-0.2, 0) is 28.6 Å². The standard InChI is InChI=1S/C33H44O10/c1-9-32(43-20(5)35)23(37)15-17(2)31(8)26(32)28(42-29(39)21-13-11-10-12-14-21)33(40)16-22(36)18(3)24(30(33,6)7)25(27(31)38)41-19(4)34/h10-14,17,22-23,25-26,28,36-37,40H,9,15-16H2,1-8H3/t17-,22-,23+,25+,26?,28-,31+,32-,33+/m0/s1. The van der Waals surface area contributed by atoms with Crippen LogP contribution in [0.1, 0.15) is 85.0 Å². The van der Waals surface area contributed by atoms with E-state index in [9.17, 15) is 29.7 Å². The van der Waals surface area contributed by atoms with Gasteiger partial charge in [0.25, 0.3) is 0 Å². The lowest BCUT2D eigenvalue weighted by Gasteiger charge is -2.65. The lowest BCUT2D eigenvalue weighted by molar-refractivity contribution is -0.277. The number of ether oxygens (including phenoxy) is 3. The van der Waals surface area contributed by atoms with Crippen LogP contribution in [0.25, 0.3) is 0 Å². The van der Waals surface area contributed by atoms with Crippen LogP contribution in [0, 0.1) is 22.7 Å². The van der Waals surface area contributed by atoms with Gasteiger partial charge in [0.05, 0.1) is 23.7 Å². The highest BCUT2D eigenvalue weighted by molar-refractivity contribution is 5.95. The van der Waals surface area contributed by atoms with E-state index in [2.05, 4.69) is 0 Å². The fourth-order valence-corrected chi connectivity index (χ4v) is 8.20. The van der Waals surface area contributed by atoms with Gasteiger partial charge in [-0.2, -0.15) is 0 Å². The number of carbonyl (C=O) groups is 4. The minimum absolute atomic E-state index is 0.00636.